The predicted octanol–water partition coefficient (Wildman–Crippen LogP) is 5.34. The van der Waals surface area contributed by atoms with Crippen molar-refractivity contribution in [3.8, 4) is 11.5 Å². The highest BCUT2D eigenvalue weighted by atomic mass is 35.5. The highest BCUT2D eigenvalue weighted by molar-refractivity contribution is 6.39. The van der Waals surface area contributed by atoms with Crippen LogP contribution in [0.3, 0.4) is 0 Å². The van der Waals surface area contributed by atoms with Gasteiger partial charge in [-0.2, -0.15) is 0 Å². The number of aromatic hydroxyl groups is 2. The van der Waals surface area contributed by atoms with Crippen molar-refractivity contribution in [3.63, 3.8) is 0 Å². The maximum absolute atomic E-state index is 15.2. The molecule has 152 valence electrons. The van der Waals surface area contributed by atoms with Crippen molar-refractivity contribution in [1.29, 1.82) is 0 Å². The summed E-state index contributed by atoms with van der Waals surface area (Å²) in [5.41, 5.74) is -5.03. The normalized spacial score (nSPS) is 12.6. The van der Waals surface area contributed by atoms with E-state index in [1.54, 1.807) is 0 Å². The Morgan fingerprint density at radius 2 is 1.13 bits per heavy atom. The maximum atomic E-state index is 15.2. The first-order valence-electron chi connectivity index (χ1n) is 8.21. The van der Waals surface area contributed by atoms with Crippen molar-refractivity contribution in [2.75, 3.05) is 5.32 Å². The number of fused-ring (bicyclic) bond motifs is 2. The van der Waals surface area contributed by atoms with E-state index in [-0.39, 0.29) is 15.7 Å². The largest absolute Gasteiger partial charge is 0.507 e. The summed E-state index contributed by atoms with van der Waals surface area (Å²) in [5.74, 6) is -9.36. The van der Waals surface area contributed by atoms with Gasteiger partial charge in [-0.25, -0.2) is 13.2 Å². The molecule has 0 heterocycles. The van der Waals surface area contributed by atoms with Crippen LogP contribution in [0.15, 0.2) is 30.3 Å². The van der Waals surface area contributed by atoms with E-state index < -0.39 is 68.5 Å². The van der Waals surface area contributed by atoms with Crippen LogP contribution >= 0.6 is 23.2 Å². The van der Waals surface area contributed by atoms with Crippen LogP contribution in [-0.2, 0) is 0 Å². The number of rotatable bonds is 2. The number of phenols is 2. The number of benzene rings is 3. The lowest BCUT2D eigenvalue weighted by molar-refractivity contribution is 0.0966. The summed E-state index contributed by atoms with van der Waals surface area (Å²) in [5, 5.41) is 22.0. The Labute approximate surface area is 176 Å². The van der Waals surface area contributed by atoms with Gasteiger partial charge < -0.3 is 15.5 Å². The summed E-state index contributed by atoms with van der Waals surface area (Å²) in [7, 11) is 0. The quantitative estimate of drug-likeness (QED) is 0.281. The number of carbonyl (C=O) groups excluding carboxylic acids is 2. The van der Waals surface area contributed by atoms with E-state index >= 15 is 4.39 Å². The van der Waals surface area contributed by atoms with Gasteiger partial charge in [-0.3, -0.25) is 9.59 Å². The fourth-order valence-corrected chi connectivity index (χ4v) is 3.72. The van der Waals surface area contributed by atoms with E-state index in [1.165, 1.54) is 18.2 Å². The summed E-state index contributed by atoms with van der Waals surface area (Å²) in [6, 6.07) is 5.97. The zero-order chi connectivity index (χ0) is 21.9. The third kappa shape index (κ3) is 2.72. The minimum Gasteiger partial charge on any atom is -0.507 e. The van der Waals surface area contributed by atoms with Crippen LogP contribution in [0.4, 0.5) is 24.5 Å². The Hall–Kier alpha value is -3.23. The Bertz CT molecular complexity index is 1270. The molecule has 0 aromatic heterocycles. The molecule has 3 aromatic carbocycles. The molecular weight excluding hydrogens is 446 g/mol. The number of hydrogen-bond donors (Lipinski definition) is 3. The van der Waals surface area contributed by atoms with Crippen molar-refractivity contribution in [2.45, 2.75) is 0 Å². The Balaban J connectivity index is 2.00. The van der Waals surface area contributed by atoms with Crippen LogP contribution in [-0.4, -0.2) is 21.8 Å². The van der Waals surface area contributed by atoms with Gasteiger partial charge in [-0.1, -0.05) is 29.3 Å². The number of hydrogen-bond acceptors (Lipinski definition) is 5. The van der Waals surface area contributed by atoms with Crippen LogP contribution in [0.5, 0.6) is 11.5 Å². The SMILES string of the molecule is O=C1c2c(O)ccc(O)c2C(=O)c2c(F)c(Nc3c(Cl)cccc3Cl)c(F)c(F)c21. The molecule has 1 aliphatic rings. The van der Waals surface area contributed by atoms with Gasteiger partial charge in [0.2, 0.25) is 11.6 Å². The van der Waals surface area contributed by atoms with Gasteiger partial charge >= 0.3 is 0 Å². The second-order valence-electron chi connectivity index (χ2n) is 6.30. The van der Waals surface area contributed by atoms with E-state index in [2.05, 4.69) is 5.32 Å². The zero-order valence-electron chi connectivity index (χ0n) is 14.5. The van der Waals surface area contributed by atoms with Gasteiger partial charge in [0, 0.05) is 0 Å². The molecule has 0 bridgehead atoms. The first kappa shape index (κ1) is 20.1. The average molecular weight is 454 g/mol. The molecule has 0 radical (unpaired) electrons. The molecule has 5 nitrogen and oxygen atoms in total. The molecule has 0 fully saturated rings. The van der Waals surface area contributed by atoms with Crippen molar-refractivity contribution in [2.24, 2.45) is 0 Å². The van der Waals surface area contributed by atoms with Crippen molar-refractivity contribution in [3.05, 3.63) is 80.1 Å². The number of nitrogens with one attached hydrogen (secondary N) is 1. The smallest absolute Gasteiger partial charge is 0.201 e. The van der Waals surface area contributed by atoms with Gasteiger partial charge in [0.15, 0.2) is 17.5 Å². The fraction of sp³-hybridized carbons (Fsp3) is 0. The van der Waals surface area contributed by atoms with Crippen LogP contribution in [0.1, 0.15) is 31.8 Å². The van der Waals surface area contributed by atoms with E-state index in [0.29, 0.717) is 0 Å². The van der Waals surface area contributed by atoms with Gasteiger partial charge in [0.25, 0.3) is 0 Å². The standard InChI is InChI=1S/C20H8Cl2F3NO4/c21-6-2-1-3-7(22)17(6)26-18-15(24)13-12(14(23)16(18)25)19(29)10-8(27)4-5-9(28)11(10)20(13)30/h1-5,26-28H. The third-order valence-corrected chi connectivity index (χ3v) is 5.23. The number of carbonyl (C=O) groups is 2. The molecule has 30 heavy (non-hydrogen) atoms. The summed E-state index contributed by atoms with van der Waals surface area (Å²) in [6.45, 7) is 0. The lowest BCUT2D eigenvalue weighted by atomic mass is 9.82. The molecule has 3 N–H and O–H groups in total. The molecule has 0 aliphatic heterocycles. The highest BCUT2D eigenvalue weighted by Gasteiger charge is 2.41. The molecule has 0 atom stereocenters. The molecule has 1 aliphatic carbocycles. The van der Waals surface area contributed by atoms with Gasteiger partial charge in [0.1, 0.15) is 17.2 Å². The van der Waals surface area contributed by atoms with Gasteiger partial charge in [-0.15, -0.1) is 0 Å². The summed E-state index contributed by atoms with van der Waals surface area (Å²) < 4.78 is 44.8. The molecule has 0 unspecified atom stereocenters. The average Bonchev–Trinajstić information content (AvgIpc) is 2.69. The van der Waals surface area contributed by atoms with Crippen LogP contribution < -0.4 is 5.32 Å². The molecule has 0 saturated heterocycles. The fourth-order valence-electron chi connectivity index (χ4n) is 3.23. The monoisotopic (exact) mass is 453 g/mol. The number of ketones is 2. The molecule has 4 rings (SSSR count). The molecule has 0 saturated carbocycles. The van der Waals surface area contributed by atoms with Crippen molar-refractivity contribution >= 4 is 46.1 Å². The van der Waals surface area contributed by atoms with E-state index in [1.807, 2.05) is 0 Å². The number of phenolic OH excluding ortho intramolecular Hbond substituents is 2. The summed E-state index contributed by atoms with van der Waals surface area (Å²) >= 11 is 11.9. The van der Waals surface area contributed by atoms with E-state index in [4.69, 9.17) is 23.2 Å². The van der Waals surface area contributed by atoms with Gasteiger partial charge in [-0.05, 0) is 24.3 Å². The lowest BCUT2D eigenvalue weighted by Gasteiger charge is -2.22. The van der Waals surface area contributed by atoms with Crippen LogP contribution in [0.2, 0.25) is 10.0 Å². The molecule has 0 amide bonds. The zero-order valence-corrected chi connectivity index (χ0v) is 16.0. The van der Waals surface area contributed by atoms with Crippen LogP contribution in [0.25, 0.3) is 0 Å². The molecular formula is C20H8Cl2F3NO4. The Morgan fingerprint density at radius 3 is 1.63 bits per heavy atom. The predicted molar refractivity (Wildman–Crippen MR) is 103 cm³/mol. The van der Waals surface area contributed by atoms with E-state index in [9.17, 15) is 28.6 Å². The number of anilines is 2. The summed E-state index contributed by atoms with van der Waals surface area (Å²) in [4.78, 5) is 25.5. The van der Waals surface area contributed by atoms with Gasteiger partial charge in [0.05, 0.1) is 38.0 Å². The number of halogens is 5. The van der Waals surface area contributed by atoms with E-state index in [0.717, 1.165) is 12.1 Å². The van der Waals surface area contributed by atoms with Crippen molar-refractivity contribution in [1.82, 2.24) is 0 Å². The second kappa shape index (κ2) is 6.93. The second-order valence-corrected chi connectivity index (χ2v) is 7.12. The first-order valence-corrected chi connectivity index (χ1v) is 8.96. The highest BCUT2D eigenvalue weighted by Crippen LogP contribution is 2.43. The Morgan fingerprint density at radius 1 is 0.667 bits per heavy atom. The molecule has 0 spiro atoms. The first-order chi connectivity index (χ1) is 14.1. The topological polar surface area (TPSA) is 86.6 Å². The number of para-hydroxylation sites is 1. The minimum atomic E-state index is -1.82. The Kier molecular flexibility index (Phi) is 4.63. The van der Waals surface area contributed by atoms with Crippen LogP contribution in [0, 0.1) is 17.5 Å². The molecule has 10 heteroatoms. The van der Waals surface area contributed by atoms with Crippen molar-refractivity contribution < 1.29 is 33.0 Å². The third-order valence-electron chi connectivity index (χ3n) is 4.60. The molecule has 3 aromatic rings. The lowest BCUT2D eigenvalue weighted by Crippen LogP contribution is -2.26. The minimum absolute atomic E-state index is 0.0465. The maximum Gasteiger partial charge on any atom is 0.201 e. The summed E-state index contributed by atoms with van der Waals surface area (Å²) in [6.07, 6.45) is 0.